The minimum Gasteiger partial charge on any atom is -0.388 e. The maximum Gasteiger partial charge on any atom is 0.0337 e. The Morgan fingerprint density at radius 3 is 1.22 bits per heavy atom. The summed E-state index contributed by atoms with van der Waals surface area (Å²) in [4.78, 5) is 0. The predicted molar refractivity (Wildman–Crippen MR) is 80.9 cm³/mol. The number of nitrogens with one attached hydrogen (secondary N) is 2. The highest BCUT2D eigenvalue weighted by atomic mass is 14.8. The predicted octanol–water partition coefficient (Wildman–Crippen LogP) is 3.94. The van der Waals surface area contributed by atoms with E-state index in [9.17, 15) is 0 Å². The van der Waals surface area contributed by atoms with Crippen LogP contribution in [0.1, 0.15) is 11.1 Å². The van der Waals surface area contributed by atoms with Gasteiger partial charge < -0.3 is 10.6 Å². The van der Waals surface area contributed by atoms with Crippen LogP contribution in [0, 0.1) is 0 Å². The Morgan fingerprint density at radius 2 is 0.944 bits per heavy atom. The van der Waals surface area contributed by atoms with Gasteiger partial charge in [0.05, 0.1) is 0 Å². The highest BCUT2D eigenvalue weighted by Crippen LogP contribution is 2.14. The first-order chi connectivity index (χ1) is 8.81. The van der Waals surface area contributed by atoms with Crippen molar-refractivity contribution >= 4 is 23.5 Å². The van der Waals surface area contributed by atoms with Crippen LogP contribution in [0.15, 0.2) is 48.5 Å². The summed E-state index contributed by atoms with van der Waals surface area (Å²) >= 11 is 0. The van der Waals surface area contributed by atoms with Crippen LogP contribution >= 0.6 is 0 Å². The number of anilines is 2. The van der Waals surface area contributed by atoms with Gasteiger partial charge >= 0.3 is 0 Å². The summed E-state index contributed by atoms with van der Waals surface area (Å²) in [6.45, 7) is 0. The zero-order valence-electron chi connectivity index (χ0n) is 10.8. The van der Waals surface area contributed by atoms with Crippen LogP contribution in [0.25, 0.3) is 12.2 Å². The quantitative estimate of drug-likeness (QED) is 0.788. The van der Waals surface area contributed by atoms with Gasteiger partial charge in [-0.25, -0.2) is 0 Å². The smallest absolute Gasteiger partial charge is 0.0337 e. The molecule has 0 saturated heterocycles. The Balaban J connectivity index is 2.08. The first kappa shape index (κ1) is 12.2. The summed E-state index contributed by atoms with van der Waals surface area (Å²) in [6.07, 6.45) is 4.24. The molecule has 92 valence electrons. The maximum atomic E-state index is 3.11. The molecule has 0 amide bonds. The Labute approximate surface area is 108 Å². The van der Waals surface area contributed by atoms with Crippen LogP contribution in [0.2, 0.25) is 0 Å². The normalized spacial score (nSPS) is 10.6. The molecule has 2 aromatic carbocycles. The molecule has 0 spiro atoms. The highest BCUT2D eigenvalue weighted by Gasteiger charge is 1.91. The van der Waals surface area contributed by atoms with E-state index >= 15 is 0 Å². The van der Waals surface area contributed by atoms with E-state index in [2.05, 4.69) is 71.3 Å². The highest BCUT2D eigenvalue weighted by molar-refractivity contribution is 5.71. The van der Waals surface area contributed by atoms with E-state index in [0.29, 0.717) is 0 Å². The second kappa shape index (κ2) is 5.92. The fraction of sp³-hybridized carbons (Fsp3) is 0.125. The second-order valence-corrected chi connectivity index (χ2v) is 4.08. The standard InChI is InChI=1S/C16H18N2/c1-17-15-9-5-13(6-10-15)3-4-14-7-11-16(18-2)12-8-14/h3-12,17-18H,1-2H3/b4-3-. The Morgan fingerprint density at radius 1 is 0.611 bits per heavy atom. The third kappa shape index (κ3) is 3.14. The van der Waals surface area contributed by atoms with Crippen LogP contribution < -0.4 is 10.6 Å². The Hall–Kier alpha value is -2.22. The fourth-order valence-electron chi connectivity index (χ4n) is 1.71. The fourth-order valence-corrected chi connectivity index (χ4v) is 1.71. The van der Waals surface area contributed by atoms with Crippen molar-refractivity contribution in [3.8, 4) is 0 Å². The van der Waals surface area contributed by atoms with Crippen molar-refractivity contribution in [2.75, 3.05) is 24.7 Å². The largest absolute Gasteiger partial charge is 0.388 e. The third-order valence-corrected chi connectivity index (χ3v) is 2.87. The van der Waals surface area contributed by atoms with E-state index in [1.54, 1.807) is 0 Å². The molecule has 0 aliphatic rings. The molecule has 0 heterocycles. The number of hydrogen-bond donors (Lipinski definition) is 2. The topological polar surface area (TPSA) is 24.1 Å². The van der Waals surface area contributed by atoms with Crippen molar-refractivity contribution in [3.63, 3.8) is 0 Å². The van der Waals surface area contributed by atoms with Crippen LogP contribution in [0.5, 0.6) is 0 Å². The Kier molecular flexibility index (Phi) is 4.02. The molecule has 2 rings (SSSR count). The number of benzene rings is 2. The molecular weight excluding hydrogens is 220 g/mol. The molecule has 0 unspecified atom stereocenters. The molecule has 0 aliphatic heterocycles. The second-order valence-electron chi connectivity index (χ2n) is 4.08. The monoisotopic (exact) mass is 238 g/mol. The molecule has 0 aromatic heterocycles. The van der Waals surface area contributed by atoms with E-state index in [1.165, 1.54) is 11.1 Å². The van der Waals surface area contributed by atoms with Crippen molar-refractivity contribution in [2.24, 2.45) is 0 Å². The molecule has 0 saturated carbocycles. The first-order valence-electron chi connectivity index (χ1n) is 6.05. The molecular formula is C16H18N2. The van der Waals surface area contributed by atoms with Gasteiger partial charge in [-0.05, 0) is 35.4 Å². The summed E-state index contributed by atoms with van der Waals surface area (Å²) < 4.78 is 0. The van der Waals surface area contributed by atoms with Gasteiger partial charge in [-0.15, -0.1) is 0 Å². The van der Waals surface area contributed by atoms with Crippen LogP contribution in [-0.2, 0) is 0 Å². The van der Waals surface area contributed by atoms with Gasteiger partial charge in [0.2, 0.25) is 0 Å². The van der Waals surface area contributed by atoms with Gasteiger partial charge in [0, 0.05) is 25.5 Å². The van der Waals surface area contributed by atoms with E-state index < -0.39 is 0 Å². The summed E-state index contributed by atoms with van der Waals surface area (Å²) in [5, 5.41) is 6.22. The van der Waals surface area contributed by atoms with E-state index in [-0.39, 0.29) is 0 Å². The average molecular weight is 238 g/mol. The van der Waals surface area contributed by atoms with Gasteiger partial charge in [0.25, 0.3) is 0 Å². The van der Waals surface area contributed by atoms with Crippen molar-refractivity contribution in [1.29, 1.82) is 0 Å². The van der Waals surface area contributed by atoms with Crippen LogP contribution in [0.4, 0.5) is 11.4 Å². The van der Waals surface area contributed by atoms with E-state index in [0.717, 1.165) is 11.4 Å². The zero-order valence-corrected chi connectivity index (χ0v) is 10.8. The van der Waals surface area contributed by atoms with Crippen molar-refractivity contribution in [2.45, 2.75) is 0 Å². The van der Waals surface area contributed by atoms with Gasteiger partial charge in [0.15, 0.2) is 0 Å². The number of hydrogen-bond acceptors (Lipinski definition) is 2. The minimum atomic E-state index is 1.13. The van der Waals surface area contributed by atoms with Gasteiger partial charge in [-0.1, -0.05) is 36.4 Å². The zero-order chi connectivity index (χ0) is 12.8. The lowest BCUT2D eigenvalue weighted by molar-refractivity contribution is 1.50. The van der Waals surface area contributed by atoms with Gasteiger partial charge in [-0.3, -0.25) is 0 Å². The van der Waals surface area contributed by atoms with E-state index in [1.807, 2.05) is 14.1 Å². The molecule has 2 N–H and O–H groups in total. The summed E-state index contributed by atoms with van der Waals surface area (Å²) in [5.74, 6) is 0. The van der Waals surface area contributed by atoms with Crippen molar-refractivity contribution in [1.82, 2.24) is 0 Å². The molecule has 0 radical (unpaired) electrons. The van der Waals surface area contributed by atoms with Gasteiger partial charge in [-0.2, -0.15) is 0 Å². The minimum absolute atomic E-state index is 1.13. The lowest BCUT2D eigenvalue weighted by Crippen LogP contribution is -1.86. The molecule has 2 aromatic rings. The van der Waals surface area contributed by atoms with E-state index in [4.69, 9.17) is 0 Å². The SMILES string of the molecule is CNc1ccc(/C=C\c2ccc(NC)cc2)cc1. The number of rotatable bonds is 4. The molecule has 0 bridgehead atoms. The molecule has 2 nitrogen and oxygen atoms in total. The summed E-state index contributed by atoms with van der Waals surface area (Å²) in [6, 6.07) is 16.7. The molecule has 18 heavy (non-hydrogen) atoms. The lowest BCUT2D eigenvalue weighted by atomic mass is 10.1. The molecule has 0 atom stereocenters. The Bertz CT molecular complexity index is 460. The molecule has 2 heteroatoms. The first-order valence-corrected chi connectivity index (χ1v) is 6.05. The maximum absolute atomic E-state index is 3.11. The van der Waals surface area contributed by atoms with Gasteiger partial charge in [0.1, 0.15) is 0 Å². The average Bonchev–Trinajstić information content (AvgIpc) is 2.46. The summed E-state index contributed by atoms with van der Waals surface area (Å²) in [5.41, 5.74) is 4.66. The van der Waals surface area contributed by atoms with Crippen LogP contribution in [0.3, 0.4) is 0 Å². The molecule has 0 fully saturated rings. The van der Waals surface area contributed by atoms with Crippen molar-refractivity contribution < 1.29 is 0 Å². The molecule has 0 aliphatic carbocycles. The van der Waals surface area contributed by atoms with Crippen LogP contribution in [-0.4, -0.2) is 14.1 Å². The lowest BCUT2D eigenvalue weighted by Gasteiger charge is -2.01. The third-order valence-electron chi connectivity index (χ3n) is 2.87. The summed E-state index contributed by atoms with van der Waals surface area (Å²) in [7, 11) is 3.85. The van der Waals surface area contributed by atoms with Crippen molar-refractivity contribution in [3.05, 3.63) is 59.7 Å².